The average molecular weight is 304 g/mol. The van der Waals surface area contributed by atoms with E-state index < -0.39 is 0 Å². The molecule has 1 aliphatic heterocycles. The minimum Gasteiger partial charge on any atom is -0.506 e. The molecule has 0 saturated carbocycles. The molecule has 0 aliphatic carbocycles. The zero-order valence-corrected chi connectivity index (χ0v) is 12.1. The van der Waals surface area contributed by atoms with Crippen molar-refractivity contribution in [3.8, 4) is 5.75 Å². The summed E-state index contributed by atoms with van der Waals surface area (Å²) in [5, 5.41) is 10.6. The fourth-order valence-corrected chi connectivity index (χ4v) is 2.91. The molecule has 2 amide bonds. The lowest BCUT2D eigenvalue weighted by Crippen LogP contribution is -2.29. The van der Waals surface area contributed by atoms with Crippen LogP contribution in [0.1, 0.15) is 26.3 Å². The lowest BCUT2D eigenvalue weighted by Gasteiger charge is -2.15. The first-order chi connectivity index (χ1) is 11.2. The molecule has 5 heteroatoms. The third-order valence-corrected chi connectivity index (χ3v) is 4.05. The fraction of sp³-hybridized carbons (Fsp3) is 0.0556. The van der Waals surface area contributed by atoms with Crippen LogP contribution in [-0.4, -0.2) is 26.8 Å². The van der Waals surface area contributed by atoms with E-state index in [1.54, 1.807) is 42.6 Å². The van der Waals surface area contributed by atoms with Crippen molar-refractivity contribution in [2.75, 3.05) is 0 Å². The summed E-state index contributed by atoms with van der Waals surface area (Å²) >= 11 is 0. The van der Waals surface area contributed by atoms with Gasteiger partial charge in [0.25, 0.3) is 11.8 Å². The van der Waals surface area contributed by atoms with Gasteiger partial charge in [0.1, 0.15) is 11.3 Å². The molecule has 0 spiro atoms. The Balaban J connectivity index is 1.77. The van der Waals surface area contributed by atoms with Gasteiger partial charge in [-0.25, -0.2) is 0 Å². The Morgan fingerprint density at radius 2 is 1.61 bits per heavy atom. The van der Waals surface area contributed by atoms with E-state index in [-0.39, 0.29) is 24.1 Å². The standard InChI is InChI=1S/C18H12N2O3/c21-15-8-7-11(12-6-3-9-19-16(12)15)10-20-17(22)13-4-1-2-5-14(13)18(20)23/h1-9,21H,10H2. The second kappa shape index (κ2) is 4.91. The van der Waals surface area contributed by atoms with E-state index in [1.165, 1.54) is 11.0 Å². The number of hydrogen-bond acceptors (Lipinski definition) is 4. The summed E-state index contributed by atoms with van der Waals surface area (Å²) in [5.41, 5.74) is 2.08. The molecule has 1 aliphatic rings. The Labute approximate surface area is 131 Å². The van der Waals surface area contributed by atoms with Gasteiger partial charge in [-0.1, -0.05) is 24.3 Å². The van der Waals surface area contributed by atoms with Crippen LogP contribution in [0.25, 0.3) is 10.9 Å². The van der Waals surface area contributed by atoms with E-state index >= 15 is 0 Å². The monoisotopic (exact) mass is 304 g/mol. The third kappa shape index (κ3) is 1.97. The average Bonchev–Trinajstić information content (AvgIpc) is 2.83. The minimum absolute atomic E-state index is 0.0757. The summed E-state index contributed by atoms with van der Waals surface area (Å²) in [5.74, 6) is -0.516. The minimum atomic E-state index is -0.296. The smallest absolute Gasteiger partial charge is 0.261 e. The second-order valence-electron chi connectivity index (χ2n) is 5.39. The summed E-state index contributed by atoms with van der Waals surface area (Å²) in [6.45, 7) is 0.148. The van der Waals surface area contributed by atoms with Crippen molar-refractivity contribution >= 4 is 22.7 Å². The van der Waals surface area contributed by atoms with Crippen LogP contribution in [0.4, 0.5) is 0 Å². The molecule has 0 saturated heterocycles. The lowest BCUT2D eigenvalue weighted by molar-refractivity contribution is 0.0643. The van der Waals surface area contributed by atoms with Gasteiger partial charge in [-0.05, 0) is 29.8 Å². The maximum Gasteiger partial charge on any atom is 0.261 e. The number of amides is 2. The van der Waals surface area contributed by atoms with E-state index in [9.17, 15) is 14.7 Å². The SMILES string of the molecule is O=C1c2ccccc2C(=O)N1Cc1ccc(O)c2ncccc12. The number of carbonyl (C=O) groups is 2. The predicted molar refractivity (Wildman–Crippen MR) is 84.1 cm³/mol. The number of phenolic OH excluding ortho intramolecular Hbond substituents is 1. The highest BCUT2D eigenvalue weighted by Gasteiger charge is 2.35. The molecule has 0 bridgehead atoms. The van der Waals surface area contributed by atoms with Crippen molar-refractivity contribution in [2.45, 2.75) is 6.54 Å². The summed E-state index contributed by atoms with van der Waals surface area (Å²) in [6, 6.07) is 13.6. The van der Waals surface area contributed by atoms with E-state index in [0.29, 0.717) is 16.6 Å². The van der Waals surface area contributed by atoms with Crippen LogP contribution in [0.5, 0.6) is 5.75 Å². The number of hydrogen-bond donors (Lipinski definition) is 1. The van der Waals surface area contributed by atoms with E-state index in [2.05, 4.69) is 4.98 Å². The van der Waals surface area contributed by atoms with Crippen molar-refractivity contribution in [1.82, 2.24) is 9.88 Å². The zero-order chi connectivity index (χ0) is 16.0. The van der Waals surface area contributed by atoms with Crippen molar-refractivity contribution < 1.29 is 14.7 Å². The van der Waals surface area contributed by atoms with Gasteiger partial charge in [0, 0.05) is 11.6 Å². The molecule has 23 heavy (non-hydrogen) atoms. The third-order valence-electron chi connectivity index (χ3n) is 4.05. The van der Waals surface area contributed by atoms with Gasteiger partial charge in [-0.15, -0.1) is 0 Å². The van der Waals surface area contributed by atoms with Gasteiger partial charge < -0.3 is 5.11 Å². The molecular formula is C18H12N2O3. The Kier molecular flexibility index (Phi) is 2.87. The van der Waals surface area contributed by atoms with E-state index in [4.69, 9.17) is 0 Å². The van der Waals surface area contributed by atoms with Gasteiger partial charge in [0.05, 0.1) is 17.7 Å². The van der Waals surface area contributed by atoms with Crippen LogP contribution in [-0.2, 0) is 6.54 Å². The number of aromatic hydroxyl groups is 1. The fourth-order valence-electron chi connectivity index (χ4n) is 2.91. The summed E-state index contributed by atoms with van der Waals surface area (Å²) in [6.07, 6.45) is 1.59. The normalized spacial score (nSPS) is 13.7. The number of imide groups is 1. The summed E-state index contributed by atoms with van der Waals surface area (Å²) in [4.78, 5) is 30.3. The number of rotatable bonds is 2. The maximum atomic E-state index is 12.5. The molecule has 0 atom stereocenters. The van der Waals surface area contributed by atoms with Crippen LogP contribution in [0.2, 0.25) is 0 Å². The highest BCUT2D eigenvalue weighted by atomic mass is 16.3. The highest BCUT2D eigenvalue weighted by molar-refractivity contribution is 6.21. The van der Waals surface area contributed by atoms with Crippen molar-refractivity contribution in [2.24, 2.45) is 0 Å². The lowest BCUT2D eigenvalue weighted by atomic mass is 10.1. The van der Waals surface area contributed by atoms with Gasteiger partial charge in [-0.3, -0.25) is 19.5 Å². The van der Waals surface area contributed by atoms with Crippen LogP contribution < -0.4 is 0 Å². The van der Waals surface area contributed by atoms with Gasteiger partial charge >= 0.3 is 0 Å². The van der Waals surface area contributed by atoms with E-state index in [1.807, 2.05) is 6.07 Å². The van der Waals surface area contributed by atoms with Gasteiger partial charge in [0.15, 0.2) is 0 Å². The molecule has 0 unspecified atom stereocenters. The highest BCUT2D eigenvalue weighted by Crippen LogP contribution is 2.29. The Morgan fingerprint density at radius 3 is 2.30 bits per heavy atom. The summed E-state index contributed by atoms with van der Waals surface area (Å²) < 4.78 is 0. The first-order valence-corrected chi connectivity index (χ1v) is 7.17. The molecule has 2 aromatic carbocycles. The quantitative estimate of drug-likeness (QED) is 0.739. The van der Waals surface area contributed by atoms with Crippen LogP contribution >= 0.6 is 0 Å². The molecule has 112 valence electrons. The second-order valence-corrected chi connectivity index (χ2v) is 5.39. The number of phenols is 1. The molecule has 5 nitrogen and oxygen atoms in total. The van der Waals surface area contributed by atoms with Crippen molar-refractivity contribution in [3.63, 3.8) is 0 Å². The molecule has 1 aromatic heterocycles. The Bertz CT molecular complexity index is 930. The molecular weight excluding hydrogens is 292 g/mol. The van der Waals surface area contributed by atoms with E-state index in [0.717, 1.165) is 10.9 Å². The molecule has 4 rings (SSSR count). The molecule has 3 aromatic rings. The number of carbonyl (C=O) groups excluding carboxylic acids is 2. The first kappa shape index (κ1) is 13.5. The van der Waals surface area contributed by atoms with Gasteiger partial charge in [-0.2, -0.15) is 0 Å². The number of benzene rings is 2. The first-order valence-electron chi connectivity index (χ1n) is 7.17. The number of aromatic nitrogens is 1. The largest absolute Gasteiger partial charge is 0.506 e. The van der Waals surface area contributed by atoms with Gasteiger partial charge in [0.2, 0.25) is 0 Å². The Morgan fingerprint density at radius 1 is 0.913 bits per heavy atom. The zero-order valence-electron chi connectivity index (χ0n) is 12.1. The van der Waals surface area contributed by atoms with Crippen LogP contribution in [0.3, 0.4) is 0 Å². The molecule has 0 radical (unpaired) electrons. The maximum absolute atomic E-state index is 12.5. The van der Waals surface area contributed by atoms with Crippen molar-refractivity contribution in [1.29, 1.82) is 0 Å². The number of pyridine rings is 1. The molecule has 0 fully saturated rings. The summed E-state index contributed by atoms with van der Waals surface area (Å²) in [7, 11) is 0. The van der Waals surface area contributed by atoms with Crippen LogP contribution in [0.15, 0.2) is 54.7 Å². The number of fused-ring (bicyclic) bond motifs is 2. The number of nitrogens with zero attached hydrogens (tertiary/aromatic N) is 2. The topological polar surface area (TPSA) is 70.5 Å². The molecule has 2 heterocycles. The van der Waals surface area contributed by atoms with Crippen molar-refractivity contribution in [3.05, 3.63) is 71.4 Å². The Hall–Kier alpha value is -3.21. The van der Waals surface area contributed by atoms with Crippen LogP contribution in [0, 0.1) is 0 Å². The molecule has 1 N–H and O–H groups in total. The predicted octanol–water partition coefficient (Wildman–Crippen LogP) is 2.74.